The fourth-order valence-electron chi connectivity index (χ4n) is 2.21. The van der Waals surface area contributed by atoms with Crippen LogP contribution in [0.4, 0.5) is 0 Å². The largest absolute Gasteiger partial charge is 0.378 e. The Morgan fingerprint density at radius 2 is 1.53 bits per heavy atom. The first-order valence-corrected chi connectivity index (χ1v) is 7.14. The fraction of sp³-hybridized carbons (Fsp3) is 1.00. The SMILES string of the molecule is ClCCCCCCOC1CCCCCC1. The lowest BCUT2D eigenvalue weighted by Gasteiger charge is -2.14. The molecule has 0 spiro atoms. The first-order valence-electron chi connectivity index (χ1n) is 6.61. The van der Waals surface area contributed by atoms with E-state index in [1.165, 1.54) is 57.8 Å². The number of unbranched alkanes of at least 4 members (excludes halogenated alkanes) is 3. The highest BCUT2D eigenvalue weighted by Gasteiger charge is 2.11. The van der Waals surface area contributed by atoms with Crippen molar-refractivity contribution in [3.63, 3.8) is 0 Å². The number of ether oxygens (including phenoxy) is 1. The summed E-state index contributed by atoms with van der Waals surface area (Å²) in [6, 6.07) is 0. The maximum atomic E-state index is 5.91. The van der Waals surface area contributed by atoms with Gasteiger partial charge in [-0.25, -0.2) is 0 Å². The van der Waals surface area contributed by atoms with Crippen molar-refractivity contribution in [3.05, 3.63) is 0 Å². The molecule has 0 saturated heterocycles. The van der Waals surface area contributed by atoms with E-state index in [0.717, 1.165) is 18.9 Å². The van der Waals surface area contributed by atoms with Crippen molar-refractivity contribution in [1.29, 1.82) is 0 Å². The van der Waals surface area contributed by atoms with Crippen LogP contribution < -0.4 is 0 Å². The number of hydrogen-bond donors (Lipinski definition) is 0. The van der Waals surface area contributed by atoms with Gasteiger partial charge in [-0.1, -0.05) is 38.5 Å². The minimum Gasteiger partial charge on any atom is -0.378 e. The highest BCUT2D eigenvalue weighted by atomic mass is 35.5. The standard InChI is InChI=1S/C13H25ClO/c14-11-7-3-4-8-12-15-13-9-5-1-2-6-10-13/h13H,1-12H2. The molecule has 0 atom stereocenters. The van der Waals surface area contributed by atoms with E-state index in [1.807, 2.05) is 0 Å². The summed E-state index contributed by atoms with van der Waals surface area (Å²) in [5, 5.41) is 0. The monoisotopic (exact) mass is 232 g/mol. The third kappa shape index (κ3) is 7.19. The molecule has 2 heteroatoms. The zero-order chi connectivity index (χ0) is 10.8. The summed E-state index contributed by atoms with van der Waals surface area (Å²) in [5.74, 6) is 0.809. The van der Waals surface area contributed by atoms with Gasteiger partial charge in [-0.3, -0.25) is 0 Å². The quantitative estimate of drug-likeness (QED) is 0.356. The average molecular weight is 233 g/mol. The Kier molecular flexibility index (Phi) is 8.41. The normalized spacial score (nSPS) is 19.0. The average Bonchev–Trinajstić information content (AvgIpc) is 2.52. The van der Waals surface area contributed by atoms with Crippen LogP contribution in [0.2, 0.25) is 0 Å². The first kappa shape index (κ1) is 13.3. The van der Waals surface area contributed by atoms with Crippen LogP contribution in [0.5, 0.6) is 0 Å². The van der Waals surface area contributed by atoms with Gasteiger partial charge in [0.25, 0.3) is 0 Å². The molecule has 0 unspecified atom stereocenters. The van der Waals surface area contributed by atoms with E-state index in [9.17, 15) is 0 Å². The predicted octanol–water partition coefficient (Wildman–Crippen LogP) is 4.53. The third-order valence-corrected chi connectivity index (χ3v) is 3.45. The molecule has 15 heavy (non-hydrogen) atoms. The molecule has 0 N–H and O–H groups in total. The lowest BCUT2D eigenvalue weighted by Crippen LogP contribution is -2.12. The molecule has 1 saturated carbocycles. The van der Waals surface area contributed by atoms with Gasteiger partial charge in [-0.15, -0.1) is 11.6 Å². The van der Waals surface area contributed by atoms with Crippen molar-refractivity contribution >= 4 is 11.6 Å². The van der Waals surface area contributed by atoms with Crippen LogP contribution in [0.15, 0.2) is 0 Å². The second-order valence-corrected chi connectivity index (χ2v) is 4.97. The van der Waals surface area contributed by atoms with Crippen LogP contribution in [-0.4, -0.2) is 18.6 Å². The molecule has 1 fully saturated rings. The Morgan fingerprint density at radius 1 is 0.867 bits per heavy atom. The van der Waals surface area contributed by atoms with Crippen LogP contribution in [-0.2, 0) is 4.74 Å². The van der Waals surface area contributed by atoms with Crippen molar-refractivity contribution in [2.45, 2.75) is 70.3 Å². The van der Waals surface area contributed by atoms with Gasteiger partial charge in [-0.2, -0.15) is 0 Å². The third-order valence-electron chi connectivity index (χ3n) is 3.18. The molecule has 0 aromatic carbocycles. The van der Waals surface area contributed by atoms with E-state index < -0.39 is 0 Å². The molecule has 1 rings (SSSR count). The predicted molar refractivity (Wildman–Crippen MR) is 66.6 cm³/mol. The fourth-order valence-corrected chi connectivity index (χ4v) is 2.40. The van der Waals surface area contributed by atoms with Crippen molar-refractivity contribution in [2.24, 2.45) is 0 Å². The molecule has 1 nitrogen and oxygen atoms in total. The molecule has 0 heterocycles. The van der Waals surface area contributed by atoms with Crippen LogP contribution in [0.3, 0.4) is 0 Å². The van der Waals surface area contributed by atoms with Crippen molar-refractivity contribution in [3.8, 4) is 0 Å². The van der Waals surface area contributed by atoms with Crippen molar-refractivity contribution < 1.29 is 4.74 Å². The molecular weight excluding hydrogens is 208 g/mol. The van der Waals surface area contributed by atoms with Gasteiger partial charge in [0, 0.05) is 12.5 Å². The van der Waals surface area contributed by atoms with Gasteiger partial charge < -0.3 is 4.74 Å². The van der Waals surface area contributed by atoms with Gasteiger partial charge in [0.05, 0.1) is 6.10 Å². The molecule has 0 aromatic rings. The number of hydrogen-bond acceptors (Lipinski definition) is 1. The molecule has 0 aromatic heterocycles. The summed E-state index contributed by atoms with van der Waals surface area (Å²) in [7, 11) is 0. The van der Waals surface area contributed by atoms with Crippen molar-refractivity contribution in [2.75, 3.05) is 12.5 Å². The van der Waals surface area contributed by atoms with Gasteiger partial charge in [0.15, 0.2) is 0 Å². The summed E-state index contributed by atoms with van der Waals surface area (Å²) in [4.78, 5) is 0. The minimum absolute atomic E-state index is 0.570. The van der Waals surface area contributed by atoms with E-state index in [1.54, 1.807) is 0 Å². The summed E-state index contributed by atoms with van der Waals surface area (Å²) in [6.45, 7) is 0.965. The van der Waals surface area contributed by atoms with Gasteiger partial charge in [0.2, 0.25) is 0 Å². The molecule has 90 valence electrons. The van der Waals surface area contributed by atoms with Gasteiger partial charge in [0.1, 0.15) is 0 Å². The molecular formula is C13H25ClO. The first-order chi connectivity index (χ1) is 7.43. The maximum absolute atomic E-state index is 5.91. The minimum atomic E-state index is 0.570. The Balaban J connectivity index is 1.89. The summed E-state index contributed by atoms with van der Waals surface area (Å²) >= 11 is 5.62. The number of rotatable bonds is 7. The summed E-state index contributed by atoms with van der Waals surface area (Å²) in [5.41, 5.74) is 0. The molecule has 0 amide bonds. The maximum Gasteiger partial charge on any atom is 0.0575 e. The van der Waals surface area contributed by atoms with E-state index in [0.29, 0.717) is 6.10 Å². The number of alkyl halides is 1. The zero-order valence-electron chi connectivity index (χ0n) is 9.85. The molecule has 1 aliphatic carbocycles. The van der Waals surface area contributed by atoms with Crippen LogP contribution in [0, 0.1) is 0 Å². The summed E-state index contributed by atoms with van der Waals surface area (Å²) in [6.07, 6.45) is 13.6. The van der Waals surface area contributed by atoms with E-state index in [-0.39, 0.29) is 0 Å². The Morgan fingerprint density at radius 3 is 2.20 bits per heavy atom. The smallest absolute Gasteiger partial charge is 0.0575 e. The summed E-state index contributed by atoms with van der Waals surface area (Å²) < 4.78 is 5.91. The van der Waals surface area contributed by atoms with Gasteiger partial charge >= 0.3 is 0 Å². The highest BCUT2D eigenvalue weighted by Crippen LogP contribution is 2.20. The van der Waals surface area contributed by atoms with Crippen LogP contribution in [0.25, 0.3) is 0 Å². The second kappa shape index (κ2) is 9.47. The highest BCUT2D eigenvalue weighted by molar-refractivity contribution is 6.17. The molecule has 0 aliphatic heterocycles. The molecule has 0 radical (unpaired) electrons. The Labute approximate surface area is 99.5 Å². The molecule has 0 bridgehead atoms. The lowest BCUT2D eigenvalue weighted by atomic mass is 10.1. The van der Waals surface area contributed by atoms with E-state index in [4.69, 9.17) is 16.3 Å². The Hall–Kier alpha value is 0.250. The van der Waals surface area contributed by atoms with E-state index >= 15 is 0 Å². The number of halogens is 1. The van der Waals surface area contributed by atoms with E-state index in [2.05, 4.69) is 0 Å². The lowest BCUT2D eigenvalue weighted by molar-refractivity contribution is 0.0408. The topological polar surface area (TPSA) is 9.23 Å². The Bertz CT molecular complexity index is 130. The molecule has 1 aliphatic rings. The van der Waals surface area contributed by atoms with Crippen molar-refractivity contribution in [1.82, 2.24) is 0 Å². The van der Waals surface area contributed by atoms with Crippen LogP contribution >= 0.6 is 11.6 Å². The van der Waals surface area contributed by atoms with Gasteiger partial charge in [-0.05, 0) is 25.7 Å². The van der Waals surface area contributed by atoms with Crippen LogP contribution in [0.1, 0.15) is 64.2 Å². The second-order valence-electron chi connectivity index (χ2n) is 4.59. The zero-order valence-corrected chi connectivity index (χ0v) is 10.6.